The van der Waals surface area contributed by atoms with E-state index in [1.54, 1.807) is 12.3 Å². The van der Waals surface area contributed by atoms with E-state index < -0.39 is 0 Å². The van der Waals surface area contributed by atoms with Crippen LogP contribution >= 0.6 is 15.9 Å². The third-order valence-electron chi connectivity index (χ3n) is 3.70. The predicted molar refractivity (Wildman–Crippen MR) is 73.7 cm³/mol. The van der Waals surface area contributed by atoms with Gasteiger partial charge in [0.1, 0.15) is 4.47 Å². The molecule has 1 aliphatic heterocycles. The normalized spacial score (nSPS) is 28.8. The smallest absolute Gasteiger partial charge is 0.283 e. The second-order valence-corrected chi connectivity index (χ2v) is 5.60. The van der Waals surface area contributed by atoms with Crippen LogP contribution in [-0.4, -0.2) is 28.9 Å². The van der Waals surface area contributed by atoms with Gasteiger partial charge in [-0.25, -0.2) is 4.68 Å². The van der Waals surface area contributed by atoms with Crippen molar-refractivity contribution < 1.29 is 0 Å². The number of anilines is 1. The third kappa shape index (κ3) is 1.89. The lowest BCUT2D eigenvalue weighted by molar-refractivity contribution is 0.646. The van der Waals surface area contributed by atoms with Crippen molar-refractivity contribution in [3.63, 3.8) is 0 Å². The molecule has 2 unspecified atom stereocenters. The van der Waals surface area contributed by atoms with Crippen molar-refractivity contribution in [3.8, 4) is 0 Å². The van der Waals surface area contributed by atoms with Crippen LogP contribution in [0.25, 0.3) is 0 Å². The van der Waals surface area contributed by atoms with E-state index in [-0.39, 0.29) is 5.56 Å². The average molecular weight is 311 g/mol. The molecule has 2 aliphatic rings. The fourth-order valence-electron chi connectivity index (χ4n) is 2.63. The lowest BCUT2D eigenvalue weighted by atomic mass is 10.4. The molecule has 96 valence electrons. The monoisotopic (exact) mass is 310 g/mol. The Morgan fingerprint density at radius 2 is 2.33 bits per heavy atom. The molecule has 1 aromatic rings. The van der Waals surface area contributed by atoms with Crippen LogP contribution in [0.4, 0.5) is 5.69 Å². The van der Waals surface area contributed by atoms with E-state index in [0.29, 0.717) is 28.9 Å². The van der Waals surface area contributed by atoms with Gasteiger partial charge in [0, 0.05) is 19.1 Å². The standard InChI is InChI=1S/C12H15BrN4O/c1-2-3-17-12(18)10(13)9(6-15-17)16-11-7-4-14-5-8(7)11/h2,6-8,11,14,16H,1,3-5H2. The fraction of sp³-hybridized carbons (Fsp3) is 0.500. The van der Waals surface area contributed by atoms with Crippen molar-refractivity contribution in [2.75, 3.05) is 18.4 Å². The van der Waals surface area contributed by atoms with Crippen LogP contribution in [-0.2, 0) is 6.54 Å². The van der Waals surface area contributed by atoms with E-state index >= 15 is 0 Å². The molecule has 2 fully saturated rings. The fourth-order valence-corrected chi connectivity index (χ4v) is 3.05. The molecule has 1 aliphatic carbocycles. The summed E-state index contributed by atoms with van der Waals surface area (Å²) < 4.78 is 1.94. The van der Waals surface area contributed by atoms with Gasteiger partial charge in [-0.3, -0.25) is 4.79 Å². The molecule has 18 heavy (non-hydrogen) atoms. The van der Waals surface area contributed by atoms with Gasteiger partial charge in [0.15, 0.2) is 0 Å². The van der Waals surface area contributed by atoms with E-state index in [1.807, 2.05) is 0 Å². The van der Waals surface area contributed by atoms with Gasteiger partial charge in [-0.15, -0.1) is 6.58 Å². The summed E-state index contributed by atoms with van der Waals surface area (Å²) in [6.07, 6.45) is 3.36. The lowest BCUT2D eigenvalue weighted by Crippen LogP contribution is -2.26. The molecule has 0 spiro atoms. The summed E-state index contributed by atoms with van der Waals surface area (Å²) in [6, 6.07) is 0.485. The molecule has 1 aromatic heterocycles. The number of nitrogens with one attached hydrogen (secondary N) is 2. The first-order valence-corrected chi connectivity index (χ1v) is 6.85. The molecule has 3 rings (SSSR count). The zero-order valence-electron chi connectivity index (χ0n) is 9.90. The molecule has 0 aromatic carbocycles. The Morgan fingerprint density at radius 3 is 3.00 bits per heavy atom. The molecule has 2 heterocycles. The topological polar surface area (TPSA) is 59.0 Å². The predicted octanol–water partition coefficient (Wildman–Crippen LogP) is 0.822. The molecule has 5 nitrogen and oxygen atoms in total. The second-order valence-electron chi connectivity index (χ2n) is 4.80. The van der Waals surface area contributed by atoms with Gasteiger partial charge in [0.2, 0.25) is 0 Å². The van der Waals surface area contributed by atoms with Crippen molar-refractivity contribution in [2.24, 2.45) is 11.8 Å². The highest BCUT2D eigenvalue weighted by atomic mass is 79.9. The third-order valence-corrected chi connectivity index (χ3v) is 4.47. The van der Waals surface area contributed by atoms with Gasteiger partial charge in [0.25, 0.3) is 5.56 Å². The maximum atomic E-state index is 12.0. The highest BCUT2D eigenvalue weighted by Crippen LogP contribution is 2.44. The lowest BCUT2D eigenvalue weighted by Gasteiger charge is -2.11. The maximum Gasteiger partial charge on any atom is 0.283 e. The SMILES string of the molecule is C=CCn1ncc(NC2C3CNCC32)c(Br)c1=O. The van der Waals surface area contributed by atoms with Gasteiger partial charge in [-0.1, -0.05) is 6.08 Å². The number of hydrogen-bond acceptors (Lipinski definition) is 4. The Labute approximate surface area is 113 Å². The van der Waals surface area contributed by atoms with Gasteiger partial charge in [-0.2, -0.15) is 5.10 Å². The van der Waals surface area contributed by atoms with E-state index in [9.17, 15) is 4.79 Å². The van der Waals surface area contributed by atoms with Crippen LogP contribution < -0.4 is 16.2 Å². The highest BCUT2D eigenvalue weighted by Gasteiger charge is 2.53. The quantitative estimate of drug-likeness (QED) is 0.809. The highest BCUT2D eigenvalue weighted by molar-refractivity contribution is 9.10. The van der Waals surface area contributed by atoms with Crippen LogP contribution in [0, 0.1) is 11.8 Å². The summed E-state index contributed by atoms with van der Waals surface area (Å²) in [4.78, 5) is 12.0. The van der Waals surface area contributed by atoms with Gasteiger partial charge in [-0.05, 0) is 27.8 Å². The number of nitrogens with zero attached hydrogens (tertiary/aromatic N) is 2. The minimum Gasteiger partial charge on any atom is -0.379 e. The van der Waals surface area contributed by atoms with Crippen LogP contribution in [0.5, 0.6) is 0 Å². The Hall–Kier alpha value is -1.14. The van der Waals surface area contributed by atoms with Crippen molar-refractivity contribution in [3.05, 3.63) is 33.7 Å². The number of allylic oxidation sites excluding steroid dienone is 1. The van der Waals surface area contributed by atoms with E-state index in [4.69, 9.17) is 0 Å². The molecule has 0 bridgehead atoms. The summed E-state index contributed by atoms with van der Waals surface area (Å²) in [5.41, 5.74) is 0.670. The summed E-state index contributed by atoms with van der Waals surface area (Å²) in [7, 11) is 0. The molecule has 6 heteroatoms. The Bertz CT molecular complexity index is 531. The van der Waals surface area contributed by atoms with Crippen molar-refractivity contribution in [1.82, 2.24) is 15.1 Å². The van der Waals surface area contributed by atoms with Gasteiger partial charge < -0.3 is 10.6 Å². The summed E-state index contributed by atoms with van der Waals surface area (Å²) in [6.45, 7) is 6.18. The summed E-state index contributed by atoms with van der Waals surface area (Å²) in [5.74, 6) is 1.40. The number of hydrogen-bond donors (Lipinski definition) is 2. The Balaban J connectivity index is 1.79. The molecule has 0 amide bonds. The van der Waals surface area contributed by atoms with Gasteiger partial charge in [0.05, 0.1) is 18.4 Å². The first-order valence-electron chi connectivity index (χ1n) is 6.06. The second kappa shape index (κ2) is 4.51. The van der Waals surface area contributed by atoms with Crippen molar-refractivity contribution in [1.29, 1.82) is 0 Å². The molecule has 1 saturated carbocycles. The van der Waals surface area contributed by atoms with E-state index in [2.05, 4.69) is 38.2 Å². The largest absolute Gasteiger partial charge is 0.379 e. The zero-order chi connectivity index (χ0) is 12.7. The number of aromatic nitrogens is 2. The van der Waals surface area contributed by atoms with Crippen LogP contribution in [0.1, 0.15) is 0 Å². The zero-order valence-corrected chi connectivity index (χ0v) is 11.5. The first-order chi connectivity index (χ1) is 8.72. The van der Waals surface area contributed by atoms with Crippen molar-refractivity contribution in [2.45, 2.75) is 12.6 Å². The molecular formula is C12H15BrN4O. The Kier molecular flexibility index (Phi) is 2.99. The van der Waals surface area contributed by atoms with Crippen LogP contribution in [0.3, 0.4) is 0 Å². The number of fused-ring (bicyclic) bond motifs is 1. The minimum absolute atomic E-state index is 0.121. The van der Waals surface area contributed by atoms with Crippen molar-refractivity contribution >= 4 is 21.6 Å². The van der Waals surface area contributed by atoms with Crippen LogP contribution in [0.15, 0.2) is 28.1 Å². The molecular weight excluding hydrogens is 296 g/mol. The molecule has 0 radical (unpaired) electrons. The summed E-state index contributed by atoms with van der Waals surface area (Å²) in [5, 5.41) is 10.9. The average Bonchev–Trinajstić information content (AvgIpc) is 2.81. The van der Waals surface area contributed by atoms with Crippen LogP contribution in [0.2, 0.25) is 0 Å². The molecule has 2 N–H and O–H groups in total. The molecule has 2 atom stereocenters. The maximum absolute atomic E-state index is 12.0. The number of halogens is 1. The van der Waals surface area contributed by atoms with E-state index in [0.717, 1.165) is 18.8 Å². The summed E-state index contributed by atoms with van der Waals surface area (Å²) >= 11 is 3.35. The van der Waals surface area contributed by atoms with Gasteiger partial charge >= 0.3 is 0 Å². The first kappa shape index (κ1) is 11.9. The Morgan fingerprint density at radius 1 is 1.61 bits per heavy atom. The molecule has 1 saturated heterocycles. The number of piperidine rings is 1. The van der Waals surface area contributed by atoms with E-state index in [1.165, 1.54) is 4.68 Å². The minimum atomic E-state index is -0.121. The number of rotatable bonds is 4.